The van der Waals surface area contributed by atoms with E-state index in [0.717, 1.165) is 6.92 Å². The van der Waals surface area contributed by atoms with Crippen molar-refractivity contribution in [3.05, 3.63) is 65.2 Å². The van der Waals surface area contributed by atoms with Crippen LogP contribution in [-0.4, -0.2) is 40.1 Å². The smallest absolute Gasteiger partial charge is 0.268 e. The number of carbonyl (C=O) groups is 2. The van der Waals surface area contributed by atoms with Crippen molar-refractivity contribution in [3.8, 4) is 17.6 Å². The van der Waals surface area contributed by atoms with Crippen LogP contribution in [0.4, 0.5) is 8.78 Å². The SMILES string of the molecule is CC(N)(C(F)F)[C@H](NC(=O)c1ccc(C#Cc2ccccc2O)cc1)C(=O)NO. The normalized spacial score (nSPS) is 13.6. The first-order valence-corrected chi connectivity index (χ1v) is 8.38. The monoisotopic (exact) mass is 403 g/mol. The number of nitrogens with one attached hydrogen (secondary N) is 2. The first-order valence-electron chi connectivity index (χ1n) is 8.38. The van der Waals surface area contributed by atoms with E-state index in [0.29, 0.717) is 11.1 Å². The highest BCUT2D eigenvalue weighted by Crippen LogP contribution is 2.18. The molecule has 29 heavy (non-hydrogen) atoms. The molecule has 2 aromatic carbocycles. The average Bonchev–Trinajstić information content (AvgIpc) is 2.70. The van der Waals surface area contributed by atoms with Crippen LogP contribution in [0.25, 0.3) is 0 Å². The van der Waals surface area contributed by atoms with Gasteiger partial charge in [0, 0.05) is 11.1 Å². The highest BCUT2D eigenvalue weighted by atomic mass is 19.3. The molecule has 0 heterocycles. The van der Waals surface area contributed by atoms with Gasteiger partial charge in [0.2, 0.25) is 0 Å². The molecule has 0 aliphatic rings. The van der Waals surface area contributed by atoms with E-state index >= 15 is 0 Å². The van der Waals surface area contributed by atoms with Crippen molar-refractivity contribution >= 4 is 11.8 Å². The molecule has 2 rings (SSSR count). The number of nitrogens with two attached hydrogens (primary N) is 1. The number of hydrogen-bond donors (Lipinski definition) is 5. The number of amides is 2. The van der Waals surface area contributed by atoms with E-state index in [4.69, 9.17) is 10.9 Å². The zero-order valence-electron chi connectivity index (χ0n) is 15.3. The number of para-hydroxylation sites is 1. The summed E-state index contributed by atoms with van der Waals surface area (Å²) in [6, 6.07) is 10.4. The Hall–Kier alpha value is -3.48. The number of hydroxylamine groups is 1. The van der Waals surface area contributed by atoms with Crippen LogP contribution in [0.3, 0.4) is 0 Å². The van der Waals surface area contributed by atoms with Crippen molar-refractivity contribution in [3.63, 3.8) is 0 Å². The van der Waals surface area contributed by atoms with E-state index in [9.17, 15) is 23.5 Å². The number of hydrogen-bond acceptors (Lipinski definition) is 5. The third-order valence-corrected chi connectivity index (χ3v) is 4.13. The Labute approximate surface area is 165 Å². The second kappa shape index (κ2) is 9.14. The molecule has 0 aliphatic heterocycles. The van der Waals surface area contributed by atoms with Gasteiger partial charge in [-0.2, -0.15) is 0 Å². The maximum Gasteiger partial charge on any atom is 0.268 e. The average molecular weight is 403 g/mol. The molecule has 7 nitrogen and oxygen atoms in total. The Bertz CT molecular complexity index is 950. The van der Waals surface area contributed by atoms with Gasteiger partial charge in [0.15, 0.2) is 0 Å². The highest BCUT2D eigenvalue weighted by Gasteiger charge is 2.44. The minimum absolute atomic E-state index is 0.0352. The van der Waals surface area contributed by atoms with Crippen molar-refractivity contribution in [1.29, 1.82) is 0 Å². The molecule has 0 aromatic heterocycles. The van der Waals surface area contributed by atoms with Crippen molar-refractivity contribution in [2.45, 2.75) is 24.9 Å². The van der Waals surface area contributed by atoms with E-state index in [1.807, 2.05) is 0 Å². The van der Waals surface area contributed by atoms with Crippen molar-refractivity contribution in [2.75, 3.05) is 0 Å². The molecule has 2 aromatic rings. The lowest BCUT2D eigenvalue weighted by molar-refractivity contribution is -0.134. The zero-order chi connectivity index (χ0) is 21.6. The van der Waals surface area contributed by atoms with Crippen molar-refractivity contribution in [1.82, 2.24) is 10.8 Å². The van der Waals surface area contributed by atoms with Gasteiger partial charge in [0.1, 0.15) is 17.3 Å². The summed E-state index contributed by atoms with van der Waals surface area (Å²) in [5.74, 6) is 3.53. The van der Waals surface area contributed by atoms with Gasteiger partial charge in [0.25, 0.3) is 18.2 Å². The fourth-order valence-electron chi connectivity index (χ4n) is 2.33. The molecule has 152 valence electrons. The largest absolute Gasteiger partial charge is 0.507 e. The van der Waals surface area contributed by atoms with E-state index in [-0.39, 0.29) is 11.3 Å². The predicted molar refractivity (Wildman–Crippen MR) is 100 cm³/mol. The highest BCUT2D eigenvalue weighted by molar-refractivity contribution is 5.98. The van der Waals surface area contributed by atoms with Gasteiger partial charge in [-0.25, -0.2) is 14.3 Å². The zero-order valence-corrected chi connectivity index (χ0v) is 15.3. The molecule has 0 bridgehead atoms. The van der Waals surface area contributed by atoms with Crippen LogP contribution in [0.15, 0.2) is 48.5 Å². The number of phenolic OH excluding ortho intramolecular Hbond substituents is 1. The van der Waals surface area contributed by atoms with Crippen LogP contribution in [0, 0.1) is 11.8 Å². The summed E-state index contributed by atoms with van der Waals surface area (Å²) in [6.07, 6.45) is -3.14. The van der Waals surface area contributed by atoms with E-state index in [1.165, 1.54) is 35.8 Å². The predicted octanol–water partition coefficient (Wildman–Crippen LogP) is 1.38. The number of alkyl halides is 2. The minimum atomic E-state index is -3.14. The van der Waals surface area contributed by atoms with Gasteiger partial charge < -0.3 is 16.2 Å². The van der Waals surface area contributed by atoms with E-state index in [1.54, 1.807) is 18.2 Å². The fourth-order valence-corrected chi connectivity index (χ4v) is 2.33. The lowest BCUT2D eigenvalue weighted by Gasteiger charge is -2.32. The number of aromatic hydroxyl groups is 1. The first-order chi connectivity index (χ1) is 13.7. The Morgan fingerprint density at radius 3 is 2.28 bits per heavy atom. The Morgan fingerprint density at radius 1 is 1.10 bits per heavy atom. The molecule has 9 heteroatoms. The van der Waals surface area contributed by atoms with Gasteiger partial charge in [0.05, 0.1) is 5.56 Å². The molecule has 6 N–H and O–H groups in total. The van der Waals surface area contributed by atoms with Crippen LogP contribution in [0.1, 0.15) is 28.4 Å². The summed E-state index contributed by atoms with van der Waals surface area (Å²) < 4.78 is 26.3. The summed E-state index contributed by atoms with van der Waals surface area (Å²) >= 11 is 0. The lowest BCUT2D eigenvalue weighted by Crippen LogP contribution is -2.66. The molecule has 0 saturated carbocycles. The minimum Gasteiger partial charge on any atom is -0.507 e. The quantitative estimate of drug-likeness (QED) is 0.293. The second-order valence-corrected chi connectivity index (χ2v) is 6.39. The van der Waals surface area contributed by atoms with Crippen LogP contribution in [0.2, 0.25) is 0 Å². The summed E-state index contributed by atoms with van der Waals surface area (Å²) in [7, 11) is 0. The van der Waals surface area contributed by atoms with Gasteiger partial charge in [-0.15, -0.1) is 0 Å². The summed E-state index contributed by atoms with van der Waals surface area (Å²) in [5, 5.41) is 20.6. The summed E-state index contributed by atoms with van der Waals surface area (Å²) in [6.45, 7) is 0.884. The Morgan fingerprint density at radius 2 is 1.72 bits per heavy atom. The van der Waals surface area contributed by atoms with Crippen LogP contribution < -0.4 is 16.5 Å². The molecule has 0 spiro atoms. The van der Waals surface area contributed by atoms with Crippen molar-refractivity contribution in [2.24, 2.45) is 5.73 Å². The molecule has 2 atom stereocenters. The second-order valence-electron chi connectivity index (χ2n) is 6.39. The maximum atomic E-state index is 13.1. The number of benzene rings is 2. The van der Waals surface area contributed by atoms with E-state index in [2.05, 4.69) is 17.2 Å². The van der Waals surface area contributed by atoms with Gasteiger partial charge in [-0.1, -0.05) is 24.0 Å². The van der Waals surface area contributed by atoms with Gasteiger partial charge in [-0.05, 0) is 43.3 Å². The maximum absolute atomic E-state index is 13.1. The molecule has 0 saturated heterocycles. The number of phenols is 1. The van der Waals surface area contributed by atoms with E-state index < -0.39 is 29.8 Å². The molecule has 1 unspecified atom stereocenters. The Balaban J connectivity index is 2.17. The van der Waals surface area contributed by atoms with Crippen molar-refractivity contribution < 1.29 is 28.7 Å². The molecule has 0 fully saturated rings. The Kier molecular flexibility index (Phi) is 6.88. The molecule has 0 aliphatic carbocycles. The van der Waals surface area contributed by atoms with Gasteiger partial charge >= 0.3 is 0 Å². The third-order valence-electron chi connectivity index (χ3n) is 4.13. The number of rotatable bonds is 5. The molecule has 2 amide bonds. The summed E-state index contributed by atoms with van der Waals surface area (Å²) in [5.41, 5.74) is 5.31. The van der Waals surface area contributed by atoms with Crippen LogP contribution in [-0.2, 0) is 4.79 Å². The first kappa shape index (κ1) is 21.8. The summed E-state index contributed by atoms with van der Waals surface area (Å²) in [4.78, 5) is 24.0. The van der Waals surface area contributed by atoms with Gasteiger partial charge in [-0.3, -0.25) is 14.8 Å². The molecule has 0 radical (unpaired) electrons. The fraction of sp³-hybridized carbons (Fsp3) is 0.200. The standard InChI is InChI=1S/C20H19F2N3O4/c1-20(23,19(21)22)16(18(28)25-29)24-17(27)14-10-7-12(8-11-14)6-9-13-4-2-3-5-15(13)26/h2-5,7-8,10-11,16,19,26,29H,23H2,1H3,(H,24,27)(H,25,28)/t16-,20?/m1/s1. The van der Waals surface area contributed by atoms with Crippen LogP contribution in [0.5, 0.6) is 5.75 Å². The molecular formula is C20H19F2N3O4. The topological polar surface area (TPSA) is 125 Å². The lowest BCUT2D eigenvalue weighted by atomic mass is 9.92. The number of halogens is 2. The molecular weight excluding hydrogens is 384 g/mol. The van der Waals surface area contributed by atoms with Crippen LogP contribution >= 0.6 is 0 Å². The number of carbonyl (C=O) groups excluding carboxylic acids is 2. The third kappa shape index (κ3) is 5.28.